The van der Waals surface area contributed by atoms with Gasteiger partial charge in [-0.2, -0.15) is 26.3 Å². The van der Waals surface area contributed by atoms with Crippen LogP contribution in [0.15, 0.2) is 59.8 Å². The molecule has 1 aromatic carbocycles. The van der Waals surface area contributed by atoms with Crippen molar-refractivity contribution in [3.05, 3.63) is 70.7 Å². The van der Waals surface area contributed by atoms with E-state index in [1.54, 1.807) is 24.0 Å². The van der Waals surface area contributed by atoms with Crippen LogP contribution in [0, 0.1) is 12.3 Å². The normalized spacial score (nSPS) is 12.6. The number of thiophene rings is 1. The molecule has 2 heterocycles. The van der Waals surface area contributed by atoms with Crippen molar-refractivity contribution < 1.29 is 26.3 Å². The molecule has 0 aliphatic heterocycles. The van der Waals surface area contributed by atoms with Crippen molar-refractivity contribution in [2.75, 3.05) is 11.1 Å². The lowest BCUT2D eigenvalue weighted by atomic mass is 10.1. The number of aryl methyl sites for hydroxylation is 1. The monoisotopic (exact) mass is 515 g/mol. The molecule has 0 bridgehead atoms. The van der Waals surface area contributed by atoms with Crippen molar-refractivity contribution in [1.82, 2.24) is 4.98 Å². The van der Waals surface area contributed by atoms with E-state index in [1.165, 1.54) is 18.2 Å². The third kappa shape index (κ3) is 6.20. The lowest BCUT2D eigenvalue weighted by Gasteiger charge is -2.16. The van der Waals surface area contributed by atoms with E-state index >= 15 is 0 Å². The highest BCUT2D eigenvalue weighted by molar-refractivity contribution is 7.99. The molecule has 34 heavy (non-hydrogen) atoms. The molecule has 11 heteroatoms. The van der Waals surface area contributed by atoms with Gasteiger partial charge in [0.15, 0.2) is 0 Å². The molecule has 2 N–H and O–H groups in total. The Kier molecular flexibility index (Phi) is 7.77. The molecule has 0 radical (unpaired) electrons. The Balaban J connectivity index is 2.03. The number of halogens is 6. The lowest BCUT2D eigenvalue weighted by Crippen LogP contribution is -2.20. The molecule has 2 aromatic heterocycles. The van der Waals surface area contributed by atoms with Gasteiger partial charge in [0.25, 0.3) is 0 Å². The molecule has 0 saturated carbocycles. The first kappa shape index (κ1) is 25.8. The molecule has 0 spiro atoms. The zero-order valence-electron chi connectivity index (χ0n) is 17.9. The van der Waals surface area contributed by atoms with Crippen molar-refractivity contribution in [3.8, 4) is 10.4 Å². The minimum Gasteiger partial charge on any atom is -0.354 e. The largest absolute Gasteiger partial charge is 0.432 e. The molecule has 3 aromatic rings. The van der Waals surface area contributed by atoms with Gasteiger partial charge >= 0.3 is 12.4 Å². The third-order valence-electron chi connectivity index (χ3n) is 4.56. The molecular weight excluding hydrogens is 496 g/mol. The zero-order valence-corrected chi connectivity index (χ0v) is 19.6. The van der Waals surface area contributed by atoms with Crippen LogP contribution in [0.25, 0.3) is 16.1 Å². The summed E-state index contributed by atoms with van der Waals surface area (Å²) in [5, 5.41) is 10.7. The van der Waals surface area contributed by atoms with Gasteiger partial charge in [0, 0.05) is 16.6 Å². The summed E-state index contributed by atoms with van der Waals surface area (Å²) in [6.07, 6.45) is -7.53. The SMILES string of the molecule is CCSc1ncc(-c2ccc(/C(=C/C(=N)C(F)(F)F)Nc3ccccc3C(F)(F)F)s2)cc1C. The van der Waals surface area contributed by atoms with Gasteiger partial charge in [-0.3, -0.25) is 5.41 Å². The number of benzene rings is 1. The van der Waals surface area contributed by atoms with Crippen LogP contribution in [-0.4, -0.2) is 22.6 Å². The summed E-state index contributed by atoms with van der Waals surface area (Å²) in [6, 6.07) is 9.55. The highest BCUT2D eigenvalue weighted by Crippen LogP contribution is 2.38. The van der Waals surface area contributed by atoms with E-state index in [2.05, 4.69) is 10.3 Å². The van der Waals surface area contributed by atoms with E-state index in [0.29, 0.717) is 11.0 Å². The maximum absolute atomic E-state index is 13.4. The fourth-order valence-electron chi connectivity index (χ4n) is 3.00. The van der Waals surface area contributed by atoms with Crippen LogP contribution < -0.4 is 5.32 Å². The number of thioether (sulfide) groups is 1. The first-order chi connectivity index (χ1) is 15.9. The highest BCUT2D eigenvalue weighted by Gasteiger charge is 2.35. The summed E-state index contributed by atoms with van der Waals surface area (Å²) in [4.78, 5) is 5.33. The van der Waals surface area contributed by atoms with Crippen molar-refractivity contribution >= 4 is 40.2 Å². The van der Waals surface area contributed by atoms with Crippen molar-refractivity contribution in [3.63, 3.8) is 0 Å². The molecule has 0 aliphatic carbocycles. The van der Waals surface area contributed by atoms with Crippen molar-refractivity contribution in [2.45, 2.75) is 31.2 Å². The number of hydrogen-bond donors (Lipinski definition) is 2. The van der Waals surface area contributed by atoms with Gasteiger partial charge in [-0.1, -0.05) is 19.1 Å². The third-order valence-corrected chi connectivity index (χ3v) is 6.72. The number of pyridine rings is 1. The number of alkyl halides is 6. The van der Waals surface area contributed by atoms with E-state index in [9.17, 15) is 26.3 Å². The molecule has 0 atom stereocenters. The zero-order chi connectivity index (χ0) is 25.1. The van der Waals surface area contributed by atoms with Crippen LogP contribution in [0.2, 0.25) is 0 Å². The first-order valence-corrected chi connectivity index (χ1v) is 11.7. The Labute approximate surface area is 200 Å². The topological polar surface area (TPSA) is 48.8 Å². The predicted molar refractivity (Wildman–Crippen MR) is 126 cm³/mol. The number of aromatic nitrogens is 1. The van der Waals surface area contributed by atoms with Crippen LogP contribution >= 0.6 is 23.1 Å². The van der Waals surface area contributed by atoms with E-state index in [4.69, 9.17) is 5.41 Å². The number of nitrogens with one attached hydrogen (secondary N) is 2. The van der Waals surface area contributed by atoms with Gasteiger partial charge in [-0.05, 0) is 54.6 Å². The molecule has 0 aliphatic rings. The fourth-order valence-corrected chi connectivity index (χ4v) is 4.65. The Bertz CT molecular complexity index is 1210. The average molecular weight is 516 g/mol. The summed E-state index contributed by atoms with van der Waals surface area (Å²) in [6.45, 7) is 3.90. The molecule has 3 nitrogen and oxygen atoms in total. The Morgan fingerprint density at radius 3 is 2.44 bits per heavy atom. The molecule has 0 unspecified atom stereocenters. The van der Waals surface area contributed by atoms with Crippen LogP contribution in [0.3, 0.4) is 0 Å². The van der Waals surface area contributed by atoms with Crippen LogP contribution in [0.5, 0.6) is 0 Å². The number of anilines is 1. The van der Waals surface area contributed by atoms with Gasteiger partial charge in [0.05, 0.1) is 26.9 Å². The van der Waals surface area contributed by atoms with E-state index < -0.39 is 29.3 Å². The Morgan fingerprint density at radius 1 is 1.12 bits per heavy atom. The standard InChI is InChI=1S/C23H19F6N3S2/c1-3-33-21-13(2)10-14(12-31-21)18-8-9-19(34-18)17(11-20(30)23(27,28)29)32-16-7-5-4-6-15(16)22(24,25)26/h4-12,30,32H,3H2,1-2H3/b17-11-,30-20?. The lowest BCUT2D eigenvalue weighted by molar-refractivity contribution is -0.136. The number of hydrogen-bond acceptors (Lipinski definition) is 5. The maximum atomic E-state index is 13.4. The molecule has 180 valence electrons. The summed E-state index contributed by atoms with van der Waals surface area (Å²) >= 11 is 2.67. The molecule has 0 saturated heterocycles. The van der Waals surface area contributed by atoms with Crippen LogP contribution in [0.1, 0.15) is 22.9 Å². The van der Waals surface area contributed by atoms with Gasteiger partial charge in [0.1, 0.15) is 5.71 Å². The van der Waals surface area contributed by atoms with Crippen LogP contribution in [-0.2, 0) is 6.18 Å². The van der Waals surface area contributed by atoms with Gasteiger partial charge in [-0.25, -0.2) is 4.98 Å². The molecular formula is C23H19F6N3S2. The van der Waals surface area contributed by atoms with Gasteiger partial charge in [-0.15, -0.1) is 23.1 Å². The van der Waals surface area contributed by atoms with Gasteiger partial charge in [0.2, 0.25) is 0 Å². The van der Waals surface area contributed by atoms with Crippen LogP contribution in [0.4, 0.5) is 32.0 Å². The predicted octanol–water partition coefficient (Wildman–Crippen LogP) is 8.28. The number of rotatable bonds is 7. The Hall–Kier alpha value is -2.79. The number of allylic oxidation sites excluding steroid dienone is 1. The van der Waals surface area contributed by atoms with E-state index in [-0.39, 0.29) is 10.6 Å². The second kappa shape index (κ2) is 10.2. The summed E-state index contributed by atoms with van der Waals surface area (Å²) in [7, 11) is 0. The molecule has 3 rings (SSSR count). The van der Waals surface area contributed by atoms with Crippen molar-refractivity contribution in [1.29, 1.82) is 5.41 Å². The average Bonchev–Trinajstić information content (AvgIpc) is 3.24. The summed E-state index contributed by atoms with van der Waals surface area (Å²) < 4.78 is 79.4. The second-order valence-corrected chi connectivity index (χ2v) is 9.42. The highest BCUT2D eigenvalue weighted by atomic mass is 32.2. The Morgan fingerprint density at radius 2 is 1.82 bits per heavy atom. The fraction of sp³-hybridized carbons (Fsp3) is 0.217. The second-order valence-electron chi connectivity index (χ2n) is 7.08. The summed E-state index contributed by atoms with van der Waals surface area (Å²) in [5.74, 6) is 0.848. The molecule has 0 amide bonds. The number of nitrogens with zero attached hydrogens (tertiary/aromatic N) is 1. The number of para-hydroxylation sites is 1. The van der Waals surface area contributed by atoms with E-state index in [0.717, 1.165) is 45.4 Å². The molecule has 0 fully saturated rings. The van der Waals surface area contributed by atoms with Gasteiger partial charge < -0.3 is 5.32 Å². The van der Waals surface area contributed by atoms with E-state index in [1.807, 2.05) is 19.9 Å². The first-order valence-electron chi connectivity index (χ1n) is 9.91. The smallest absolute Gasteiger partial charge is 0.354 e. The minimum atomic E-state index is -4.95. The minimum absolute atomic E-state index is 0.241. The quantitative estimate of drug-likeness (QED) is 0.189. The summed E-state index contributed by atoms with van der Waals surface area (Å²) in [5.41, 5.74) is -1.73. The van der Waals surface area contributed by atoms with Crippen molar-refractivity contribution in [2.24, 2.45) is 0 Å². The maximum Gasteiger partial charge on any atom is 0.432 e.